The first-order valence-electron chi connectivity index (χ1n) is 9.82. The van der Waals surface area contributed by atoms with Crippen molar-refractivity contribution in [2.75, 3.05) is 38.7 Å². The number of carbonyl (C=O) groups is 1. The van der Waals surface area contributed by atoms with Crippen LogP contribution in [0.3, 0.4) is 0 Å². The molecule has 28 heavy (non-hydrogen) atoms. The molecular weight excluding hydrogens is 354 g/mol. The Labute approximate surface area is 166 Å². The van der Waals surface area contributed by atoms with Gasteiger partial charge < -0.3 is 19.3 Å². The number of pyridine rings is 1. The average Bonchev–Trinajstić information content (AvgIpc) is 3.11. The fourth-order valence-corrected chi connectivity index (χ4v) is 4.05. The minimum atomic E-state index is -0.171. The minimum absolute atomic E-state index is 0.0447. The van der Waals surface area contributed by atoms with Crippen molar-refractivity contribution in [3.05, 3.63) is 54.4 Å². The summed E-state index contributed by atoms with van der Waals surface area (Å²) in [5, 5.41) is 0. The van der Waals surface area contributed by atoms with Gasteiger partial charge in [-0.05, 0) is 43.2 Å². The topological polar surface area (TPSA) is 54.9 Å². The van der Waals surface area contributed by atoms with E-state index in [9.17, 15) is 4.79 Å². The number of benzene rings is 1. The van der Waals surface area contributed by atoms with E-state index in [0.717, 1.165) is 36.3 Å². The van der Waals surface area contributed by atoms with Gasteiger partial charge in [-0.1, -0.05) is 6.07 Å². The van der Waals surface area contributed by atoms with Gasteiger partial charge in [-0.15, -0.1) is 0 Å². The molecule has 4 rings (SSSR count). The number of piperidine rings is 1. The zero-order valence-electron chi connectivity index (χ0n) is 16.5. The number of hydrogen-bond donors (Lipinski definition) is 0. The van der Waals surface area contributed by atoms with Gasteiger partial charge in [-0.2, -0.15) is 0 Å². The van der Waals surface area contributed by atoms with E-state index >= 15 is 0 Å². The second kappa shape index (κ2) is 7.80. The van der Waals surface area contributed by atoms with Crippen molar-refractivity contribution >= 4 is 11.6 Å². The van der Waals surface area contributed by atoms with Crippen LogP contribution >= 0.6 is 0 Å². The third-order valence-corrected chi connectivity index (χ3v) is 5.68. The van der Waals surface area contributed by atoms with Crippen molar-refractivity contribution in [1.29, 1.82) is 0 Å². The molecule has 1 spiro atoms. The molecule has 2 aliphatic rings. The van der Waals surface area contributed by atoms with Crippen molar-refractivity contribution in [1.82, 2.24) is 9.88 Å². The molecule has 2 aromatic rings. The van der Waals surface area contributed by atoms with E-state index in [1.165, 1.54) is 0 Å². The highest BCUT2D eigenvalue weighted by Gasteiger charge is 2.44. The normalized spacial score (nSPS) is 20.9. The number of likely N-dealkylation sites (tertiary alicyclic amines) is 1. The highest BCUT2D eigenvalue weighted by Crippen LogP contribution is 2.37. The summed E-state index contributed by atoms with van der Waals surface area (Å²) in [7, 11) is 3.96. The first-order chi connectivity index (χ1) is 13.5. The quantitative estimate of drug-likeness (QED) is 0.815. The predicted octanol–water partition coefficient (Wildman–Crippen LogP) is 2.99. The number of amides is 1. The number of ether oxygens (including phenoxy) is 2. The minimum Gasteiger partial charge on any atom is -0.486 e. The number of rotatable bonds is 4. The zero-order chi connectivity index (χ0) is 19.6. The lowest BCUT2D eigenvalue weighted by Crippen LogP contribution is -2.46. The fraction of sp³-hybridized carbons (Fsp3) is 0.455. The van der Waals surface area contributed by atoms with Gasteiger partial charge in [0.15, 0.2) is 0 Å². The lowest BCUT2D eigenvalue weighted by Gasteiger charge is -2.38. The number of hydrogen-bond acceptors (Lipinski definition) is 5. The van der Waals surface area contributed by atoms with Crippen molar-refractivity contribution < 1.29 is 14.3 Å². The Hall–Kier alpha value is -2.60. The van der Waals surface area contributed by atoms with Crippen LogP contribution in [0.1, 0.15) is 29.6 Å². The third kappa shape index (κ3) is 3.97. The maximum Gasteiger partial charge on any atom is 0.253 e. The number of nitrogens with zero attached hydrogens (tertiary/aromatic N) is 3. The van der Waals surface area contributed by atoms with E-state index in [4.69, 9.17) is 9.47 Å². The van der Waals surface area contributed by atoms with Crippen molar-refractivity contribution in [2.45, 2.75) is 31.0 Å². The maximum atomic E-state index is 12.9. The fourth-order valence-electron chi connectivity index (χ4n) is 4.05. The Morgan fingerprint density at radius 1 is 1.25 bits per heavy atom. The molecule has 6 heteroatoms. The standard InChI is InChI=1S/C22H27N3O3/c1-24(2)18-6-3-5-17(13-18)21(26)25-11-8-22(9-12-25)14-20(16-27-22)28-19-7-4-10-23-15-19/h3-7,10,13,15,20H,8-9,11-12,14,16H2,1-2H3. The van der Waals surface area contributed by atoms with Crippen molar-refractivity contribution in [3.63, 3.8) is 0 Å². The predicted molar refractivity (Wildman–Crippen MR) is 108 cm³/mol. The molecule has 148 valence electrons. The third-order valence-electron chi connectivity index (χ3n) is 5.68. The van der Waals surface area contributed by atoms with Crippen molar-refractivity contribution in [3.8, 4) is 5.75 Å². The van der Waals surface area contributed by atoms with Crippen molar-refractivity contribution in [2.24, 2.45) is 0 Å². The van der Waals surface area contributed by atoms with Gasteiger partial charge in [0.05, 0.1) is 18.4 Å². The van der Waals surface area contributed by atoms with Crippen LogP contribution in [0.2, 0.25) is 0 Å². The molecule has 0 aliphatic carbocycles. The summed E-state index contributed by atoms with van der Waals surface area (Å²) < 4.78 is 12.2. The SMILES string of the molecule is CN(C)c1cccc(C(=O)N2CCC3(CC2)CC(Oc2cccnc2)CO3)c1. The number of carbonyl (C=O) groups excluding carboxylic acids is 1. The van der Waals surface area contributed by atoms with E-state index in [1.54, 1.807) is 12.4 Å². The Morgan fingerprint density at radius 2 is 2.07 bits per heavy atom. The molecule has 2 saturated heterocycles. The molecule has 2 aliphatic heterocycles. The molecule has 0 N–H and O–H groups in total. The summed E-state index contributed by atoms with van der Waals surface area (Å²) in [6.07, 6.45) is 6.07. The van der Waals surface area contributed by atoms with Crippen LogP contribution in [0, 0.1) is 0 Å². The smallest absolute Gasteiger partial charge is 0.253 e. The molecule has 1 amide bonds. The summed E-state index contributed by atoms with van der Waals surface area (Å²) in [6, 6.07) is 11.6. The summed E-state index contributed by atoms with van der Waals surface area (Å²) >= 11 is 0. The van der Waals surface area contributed by atoms with Crippen LogP contribution in [-0.2, 0) is 4.74 Å². The Balaban J connectivity index is 1.34. The molecule has 3 heterocycles. The van der Waals surface area contributed by atoms with E-state index in [2.05, 4.69) is 4.98 Å². The first-order valence-corrected chi connectivity index (χ1v) is 9.82. The second-order valence-corrected chi connectivity index (χ2v) is 7.86. The molecule has 1 unspecified atom stereocenters. The van der Waals surface area contributed by atoms with Gasteiger partial charge in [0, 0.05) is 51.1 Å². The highest BCUT2D eigenvalue weighted by molar-refractivity contribution is 5.95. The van der Waals surface area contributed by atoms with Crippen LogP contribution < -0.4 is 9.64 Å². The Bertz CT molecular complexity index is 817. The van der Waals surface area contributed by atoms with E-state index in [-0.39, 0.29) is 17.6 Å². The molecule has 6 nitrogen and oxygen atoms in total. The van der Waals surface area contributed by atoms with E-state index in [0.29, 0.717) is 19.7 Å². The lowest BCUT2D eigenvalue weighted by atomic mass is 9.87. The number of aromatic nitrogens is 1. The Morgan fingerprint density at radius 3 is 2.79 bits per heavy atom. The summed E-state index contributed by atoms with van der Waals surface area (Å²) in [5.41, 5.74) is 1.61. The van der Waals surface area contributed by atoms with Gasteiger partial charge in [0.25, 0.3) is 5.91 Å². The largest absolute Gasteiger partial charge is 0.486 e. The lowest BCUT2D eigenvalue weighted by molar-refractivity contribution is -0.0395. The molecule has 0 radical (unpaired) electrons. The molecule has 0 bridgehead atoms. The van der Waals surface area contributed by atoms with E-state index < -0.39 is 0 Å². The summed E-state index contributed by atoms with van der Waals surface area (Å²) in [5.74, 6) is 0.876. The highest BCUT2D eigenvalue weighted by atomic mass is 16.6. The monoisotopic (exact) mass is 381 g/mol. The van der Waals surface area contributed by atoms with Gasteiger partial charge in [-0.25, -0.2) is 0 Å². The average molecular weight is 381 g/mol. The van der Waals surface area contributed by atoms with Gasteiger partial charge in [-0.3, -0.25) is 9.78 Å². The Kier molecular flexibility index (Phi) is 5.22. The van der Waals surface area contributed by atoms with Gasteiger partial charge in [0.1, 0.15) is 11.9 Å². The van der Waals surface area contributed by atoms with Crippen LogP contribution in [-0.4, -0.2) is 61.3 Å². The van der Waals surface area contributed by atoms with Crippen LogP contribution in [0.5, 0.6) is 5.75 Å². The molecular formula is C22H27N3O3. The molecule has 1 aromatic heterocycles. The summed E-state index contributed by atoms with van der Waals surface area (Å²) in [4.78, 5) is 21.0. The van der Waals surface area contributed by atoms with Crippen LogP contribution in [0.25, 0.3) is 0 Å². The molecule has 0 saturated carbocycles. The first kappa shape index (κ1) is 18.7. The zero-order valence-corrected chi connectivity index (χ0v) is 16.5. The molecule has 2 fully saturated rings. The molecule has 1 aromatic carbocycles. The number of anilines is 1. The van der Waals surface area contributed by atoms with Crippen LogP contribution in [0.15, 0.2) is 48.8 Å². The van der Waals surface area contributed by atoms with Gasteiger partial charge in [0.2, 0.25) is 0 Å². The van der Waals surface area contributed by atoms with Crippen LogP contribution in [0.4, 0.5) is 5.69 Å². The maximum absolute atomic E-state index is 12.9. The second-order valence-electron chi connectivity index (χ2n) is 7.86. The van der Waals surface area contributed by atoms with E-state index in [1.807, 2.05) is 60.3 Å². The molecule has 1 atom stereocenters. The van der Waals surface area contributed by atoms with Gasteiger partial charge >= 0.3 is 0 Å². The summed E-state index contributed by atoms with van der Waals surface area (Å²) in [6.45, 7) is 2.02.